The van der Waals surface area contributed by atoms with Crippen molar-refractivity contribution in [2.45, 2.75) is 18.9 Å². The van der Waals surface area contributed by atoms with Crippen molar-refractivity contribution in [3.8, 4) is 0 Å². The Hall–Kier alpha value is -1.00. The second kappa shape index (κ2) is 5.97. The van der Waals surface area contributed by atoms with E-state index in [1.54, 1.807) is 30.3 Å². The van der Waals surface area contributed by atoms with E-state index >= 15 is 0 Å². The molecule has 1 heterocycles. The van der Waals surface area contributed by atoms with E-state index < -0.39 is 6.10 Å². The summed E-state index contributed by atoms with van der Waals surface area (Å²) in [5.41, 5.74) is 6.52. The predicted octanol–water partition coefficient (Wildman–Crippen LogP) is 3.67. The average Bonchev–Trinajstić information content (AvgIpc) is 2.79. The quantitative estimate of drug-likeness (QED) is 0.905. The first-order chi connectivity index (χ1) is 9.02. The molecule has 0 saturated heterocycles. The second-order valence-electron chi connectivity index (χ2n) is 4.40. The molecule has 1 aromatic heterocycles. The van der Waals surface area contributed by atoms with Gasteiger partial charge in [-0.3, -0.25) is 0 Å². The smallest absolute Gasteiger partial charge is 0.133 e. The summed E-state index contributed by atoms with van der Waals surface area (Å²) in [6.07, 6.45) is -0.836. The van der Waals surface area contributed by atoms with E-state index in [2.05, 4.69) is 0 Å². The van der Waals surface area contributed by atoms with Gasteiger partial charge >= 0.3 is 0 Å². The molecule has 1 aromatic carbocycles. The maximum Gasteiger partial charge on any atom is 0.133 e. The number of aliphatic hydroxyl groups is 1. The standard InChI is InChI=1S/C14H15Cl2NO2/c1-8-2-5-13(19-8)14(18)11(7-17)10-4-3-9(15)6-12(10)16/h2-6,11,14,18H,7,17H2,1H3. The fourth-order valence-corrected chi connectivity index (χ4v) is 2.59. The Morgan fingerprint density at radius 3 is 2.53 bits per heavy atom. The van der Waals surface area contributed by atoms with E-state index in [4.69, 9.17) is 33.4 Å². The fraction of sp³-hybridized carbons (Fsp3) is 0.286. The molecule has 2 rings (SSSR count). The third-order valence-corrected chi connectivity index (χ3v) is 3.61. The lowest BCUT2D eigenvalue weighted by Crippen LogP contribution is -2.20. The van der Waals surface area contributed by atoms with Gasteiger partial charge in [-0.1, -0.05) is 29.3 Å². The zero-order valence-electron chi connectivity index (χ0n) is 10.4. The van der Waals surface area contributed by atoms with Gasteiger partial charge in [0.25, 0.3) is 0 Å². The van der Waals surface area contributed by atoms with Crippen LogP contribution in [0.5, 0.6) is 0 Å². The number of furan rings is 1. The number of hydrogen-bond acceptors (Lipinski definition) is 3. The van der Waals surface area contributed by atoms with Crippen molar-refractivity contribution in [3.63, 3.8) is 0 Å². The van der Waals surface area contributed by atoms with Crippen LogP contribution >= 0.6 is 23.2 Å². The number of benzene rings is 1. The van der Waals surface area contributed by atoms with Crippen LogP contribution in [0.25, 0.3) is 0 Å². The minimum Gasteiger partial charge on any atom is -0.464 e. The lowest BCUT2D eigenvalue weighted by atomic mass is 9.92. The van der Waals surface area contributed by atoms with Gasteiger partial charge in [0, 0.05) is 22.5 Å². The van der Waals surface area contributed by atoms with Gasteiger partial charge in [-0.15, -0.1) is 0 Å². The van der Waals surface area contributed by atoms with Gasteiger partial charge in [0.1, 0.15) is 17.6 Å². The average molecular weight is 300 g/mol. The second-order valence-corrected chi connectivity index (χ2v) is 5.24. The summed E-state index contributed by atoms with van der Waals surface area (Å²) in [6.45, 7) is 2.07. The lowest BCUT2D eigenvalue weighted by molar-refractivity contribution is 0.121. The minimum absolute atomic E-state index is 0.252. The molecule has 2 unspecified atom stereocenters. The zero-order valence-corrected chi connectivity index (χ0v) is 11.9. The first-order valence-electron chi connectivity index (χ1n) is 5.92. The summed E-state index contributed by atoms with van der Waals surface area (Å²) in [5, 5.41) is 11.4. The van der Waals surface area contributed by atoms with Crippen molar-refractivity contribution in [2.75, 3.05) is 6.54 Å². The van der Waals surface area contributed by atoms with Crippen LogP contribution in [-0.2, 0) is 0 Å². The number of rotatable bonds is 4. The number of nitrogens with two attached hydrogens (primary N) is 1. The van der Waals surface area contributed by atoms with Gasteiger partial charge in [0.15, 0.2) is 0 Å². The molecule has 0 amide bonds. The van der Waals surface area contributed by atoms with E-state index in [9.17, 15) is 5.11 Å². The van der Waals surface area contributed by atoms with Crippen LogP contribution < -0.4 is 5.73 Å². The highest BCUT2D eigenvalue weighted by molar-refractivity contribution is 6.35. The molecule has 0 radical (unpaired) electrons. The molecule has 0 spiro atoms. The van der Waals surface area contributed by atoms with E-state index in [1.807, 2.05) is 6.92 Å². The Morgan fingerprint density at radius 1 is 1.26 bits per heavy atom. The predicted molar refractivity (Wildman–Crippen MR) is 76.7 cm³/mol. The molecule has 2 atom stereocenters. The number of hydrogen-bond donors (Lipinski definition) is 2. The largest absolute Gasteiger partial charge is 0.464 e. The van der Waals surface area contributed by atoms with E-state index in [0.29, 0.717) is 15.8 Å². The lowest BCUT2D eigenvalue weighted by Gasteiger charge is -2.21. The third kappa shape index (κ3) is 3.12. The first-order valence-corrected chi connectivity index (χ1v) is 6.68. The van der Waals surface area contributed by atoms with Gasteiger partial charge in [0.2, 0.25) is 0 Å². The van der Waals surface area contributed by atoms with Crippen molar-refractivity contribution in [1.82, 2.24) is 0 Å². The Labute approximate surface area is 121 Å². The molecule has 0 fully saturated rings. The summed E-state index contributed by atoms with van der Waals surface area (Å²) in [7, 11) is 0. The highest BCUT2D eigenvalue weighted by Crippen LogP contribution is 2.35. The number of aryl methyl sites for hydroxylation is 1. The summed E-state index contributed by atoms with van der Waals surface area (Å²) in [6, 6.07) is 8.69. The molecule has 102 valence electrons. The summed E-state index contributed by atoms with van der Waals surface area (Å²) < 4.78 is 5.44. The molecule has 3 N–H and O–H groups in total. The molecule has 0 saturated carbocycles. The van der Waals surface area contributed by atoms with Crippen molar-refractivity contribution in [2.24, 2.45) is 5.73 Å². The molecule has 0 bridgehead atoms. The molecule has 0 aliphatic carbocycles. The molecule has 19 heavy (non-hydrogen) atoms. The molecule has 0 aliphatic rings. The van der Waals surface area contributed by atoms with E-state index in [1.165, 1.54) is 0 Å². The van der Waals surface area contributed by atoms with Crippen molar-refractivity contribution in [3.05, 3.63) is 57.5 Å². The maximum atomic E-state index is 10.4. The Bertz CT molecular complexity index is 568. The van der Waals surface area contributed by atoms with Crippen LogP contribution in [0.3, 0.4) is 0 Å². The topological polar surface area (TPSA) is 59.4 Å². The van der Waals surface area contributed by atoms with Crippen molar-refractivity contribution in [1.29, 1.82) is 0 Å². The van der Waals surface area contributed by atoms with E-state index in [-0.39, 0.29) is 12.5 Å². The van der Waals surface area contributed by atoms with Crippen molar-refractivity contribution >= 4 is 23.2 Å². The monoisotopic (exact) mass is 299 g/mol. The first kappa shape index (κ1) is 14.4. The molecule has 3 nitrogen and oxygen atoms in total. The van der Waals surface area contributed by atoms with Gasteiger partial charge < -0.3 is 15.3 Å². The van der Waals surface area contributed by atoms with Gasteiger partial charge in [-0.2, -0.15) is 0 Å². The molecular weight excluding hydrogens is 285 g/mol. The number of aliphatic hydroxyl groups excluding tert-OH is 1. The fourth-order valence-electron chi connectivity index (χ4n) is 2.04. The summed E-state index contributed by atoms with van der Waals surface area (Å²) in [5.74, 6) is 0.890. The Kier molecular flexibility index (Phi) is 4.53. The minimum atomic E-state index is -0.836. The zero-order chi connectivity index (χ0) is 14.0. The van der Waals surface area contributed by atoms with Crippen LogP contribution in [0.15, 0.2) is 34.7 Å². The van der Waals surface area contributed by atoms with Gasteiger partial charge in [-0.05, 0) is 36.8 Å². The summed E-state index contributed by atoms with van der Waals surface area (Å²) >= 11 is 12.0. The van der Waals surface area contributed by atoms with Crippen LogP contribution in [0, 0.1) is 6.92 Å². The molecule has 2 aromatic rings. The maximum absolute atomic E-state index is 10.4. The van der Waals surface area contributed by atoms with Crippen molar-refractivity contribution < 1.29 is 9.52 Å². The molecular formula is C14H15Cl2NO2. The normalized spacial score (nSPS) is 14.4. The highest BCUT2D eigenvalue weighted by atomic mass is 35.5. The number of halogens is 2. The SMILES string of the molecule is Cc1ccc(C(O)C(CN)c2ccc(Cl)cc2Cl)o1. The van der Waals surface area contributed by atoms with Crippen LogP contribution in [0.1, 0.15) is 29.1 Å². The van der Waals surface area contributed by atoms with Crippen LogP contribution in [0.4, 0.5) is 0 Å². The van der Waals surface area contributed by atoms with Crippen LogP contribution in [0.2, 0.25) is 10.0 Å². The highest BCUT2D eigenvalue weighted by Gasteiger charge is 2.25. The summed E-state index contributed by atoms with van der Waals surface area (Å²) in [4.78, 5) is 0. The van der Waals surface area contributed by atoms with E-state index in [0.717, 1.165) is 11.3 Å². The molecule has 0 aliphatic heterocycles. The van der Waals surface area contributed by atoms with Gasteiger partial charge in [-0.25, -0.2) is 0 Å². The molecule has 5 heteroatoms. The Morgan fingerprint density at radius 2 is 2.00 bits per heavy atom. The third-order valence-electron chi connectivity index (χ3n) is 3.05. The Balaban J connectivity index is 2.33. The van der Waals surface area contributed by atoms with Gasteiger partial charge in [0.05, 0.1) is 0 Å². The van der Waals surface area contributed by atoms with Crippen LogP contribution in [-0.4, -0.2) is 11.7 Å².